The van der Waals surface area contributed by atoms with Crippen molar-refractivity contribution >= 4 is 21.6 Å². The summed E-state index contributed by atoms with van der Waals surface area (Å²) in [5.74, 6) is 0.498. The SMILES string of the molecule is Cc1ccc(C(=O)Nc2ccc(S(=O)(=O)NC3CCCCC3)cc2)o1. The number of carbonyl (C=O) groups is 1. The van der Waals surface area contributed by atoms with Crippen LogP contribution in [0.3, 0.4) is 0 Å². The summed E-state index contributed by atoms with van der Waals surface area (Å²) in [6.07, 6.45) is 5.06. The molecule has 0 unspecified atom stereocenters. The van der Waals surface area contributed by atoms with Crippen LogP contribution in [0.5, 0.6) is 0 Å². The van der Waals surface area contributed by atoms with Crippen molar-refractivity contribution in [3.05, 3.63) is 47.9 Å². The van der Waals surface area contributed by atoms with Gasteiger partial charge in [-0.15, -0.1) is 0 Å². The molecule has 1 aromatic heterocycles. The predicted molar refractivity (Wildman–Crippen MR) is 95.0 cm³/mol. The lowest BCUT2D eigenvalue weighted by molar-refractivity contribution is 0.0995. The molecule has 0 aliphatic heterocycles. The maximum Gasteiger partial charge on any atom is 0.291 e. The van der Waals surface area contributed by atoms with Crippen LogP contribution < -0.4 is 10.0 Å². The van der Waals surface area contributed by atoms with Crippen LogP contribution in [-0.4, -0.2) is 20.4 Å². The summed E-state index contributed by atoms with van der Waals surface area (Å²) in [6.45, 7) is 1.76. The van der Waals surface area contributed by atoms with Gasteiger partial charge in [0.05, 0.1) is 4.90 Å². The van der Waals surface area contributed by atoms with Gasteiger partial charge in [-0.05, 0) is 56.2 Å². The number of aryl methyl sites for hydroxylation is 1. The van der Waals surface area contributed by atoms with Crippen molar-refractivity contribution in [2.24, 2.45) is 0 Å². The van der Waals surface area contributed by atoms with E-state index < -0.39 is 10.0 Å². The number of hydrogen-bond acceptors (Lipinski definition) is 4. The van der Waals surface area contributed by atoms with Gasteiger partial charge in [0.2, 0.25) is 10.0 Å². The molecule has 1 amide bonds. The van der Waals surface area contributed by atoms with Crippen molar-refractivity contribution in [3.63, 3.8) is 0 Å². The van der Waals surface area contributed by atoms with Crippen LogP contribution in [0.2, 0.25) is 0 Å². The molecular formula is C18H22N2O4S. The summed E-state index contributed by atoms with van der Waals surface area (Å²) >= 11 is 0. The Balaban J connectivity index is 1.65. The number of carbonyl (C=O) groups excluding carboxylic acids is 1. The molecule has 0 saturated heterocycles. The van der Waals surface area contributed by atoms with E-state index in [1.165, 1.54) is 18.6 Å². The summed E-state index contributed by atoms with van der Waals surface area (Å²) in [5, 5.41) is 2.68. The number of furan rings is 1. The minimum absolute atomic E-state index is 0.0142. The lowest BCUT2D eigenvalue weighted by atomic mass is 9.96. The average molecular weight is 362 g/mol. The normalized spacial score (nSPS) is 15.9. The second-order valence-electron chi connectivity index (χ2n) is 6.35. The van der Waals surface area contributed by atoms with Gasteiger partial charge in [0.25, 0.3) is 5.91 Å². The van der Waals surface area contributed by atoms with Gasteiger partial charge in [0.1, 0.15) is 5.76 Å². The number of hydrogen-bond donors (Lipinski definition) is 2. The molecule has 7 heteroatoms. The zero-order chi connectivity index (χ0) is 17.9. The van der Waals surface area contributed by atoms with Crippen LogP contribution in [-0.2, 0) is 10.0 Å². The number of rotatable bonds is 5. The van der Waals surface area contributed by atoms with Crippen LogP contribution >= 0.6 is 0 Å². The first kappa shape index (κ1) is 17.7. The standard InChI is InChI=1S/C18H22N2O4S/c1-13-7-12-17(24-13)18(21)19-14-8-10-16(11-9-14)25(22,23)20-15-5-3-2-4-6-15/h7-12,15,20H,2-6H2,1H3,(H,19,21). The highest BCUT2D eigenvalue weighted by molar-refractivity contribution is 7.89. The van der Waals surface area contributed by atoms with Crippen molar-refractivity contribution in [1.82, 2.24) is 4.72 Å². The fourth-order valence-corrected chi connectivity index (χ4v) is 4.28. The highest BCUT2D eigenvalue weighted by atomic mass is 32.2. The summed E-state index contributed by atoms with van der Waals surface area (Å²) < 4.78 is 32.9. The Morgan fingerprint density at radius 1 is 1.04 bits per heavy atom. The molecule has 1 aliphatic rings. The molecular weight excluding hydrogens is 340 g/mol. The fourth-order valence-electron chi connectivity index (χ4n) is 2.97. The van der Waals surface area contributed by atoms with Crippen molar-refractivity contribution in [2.45, 2.75) is 50.0 Å². The van der Waals surface area contributed by atoms with Gasteiger partial charge >= 0.3 is 0 Å². The zero-order valence-corrected chi connectivity index (χ0v) is 14.9. The average Bonchev–Trinajstić information content (AvgIpc) is 3.02. The third-order valence-corrected chi connectivity index (χ3v) is 5.85. The smallest absolute Gasteiger partial charge is 0.291 e. The molecule has 0 bridgehead atoms. The van der Waals surface area contributed by atoms with Crippen molar-refractivity contribution in [3.8, 4) is 0 Å². The fraction of sp³-hybridized carbons (Fsp3) is 0.389. The van der Waals surface area contributed by atoms with Crippen molar-refractivity contribution in [2.75, 3.05) is 5.32 Å². The summed E-state index contributed by atoms with van der Waals surface area (Å²) in [7, 11) is -3.54. The first-order chi connectivity index (χ1) is 11.9. The van der Waals surface area contributed by atoms with Gasteiger partial charge < -0.3 is 9.73 Å². The number of benzene rings is 1. The van der Waals surface area contributed by atoms with Gasteiger partial charge in [0, 0.05) is 11.7 Å². The third kappa shape index (κ3) is 4.49. The minimum Gasteiger partial charge on any atom is -0.456 e. The number of amides is 1. The Morgan fingerprint density at radius 3 is 2.32 bits per heavy atom. The van der Waals surface area contributed by atoms with Crippen LogP contribution in [0.1, 0.15) is 48.4 Å². The van der Waals surface area contributed by atoms with Gasteiger partial charge in [-0.2, -0.15) is 0 Å². The second kappa shape index (κ2) is 7.41. The molecule has 0 spiro atoms. The Kier molecular flexibility index (Phi) is 5.24. The molecule has 1 fully saturated rings. The van der Waals surface area contributed by atoms with E-state index in [1.54, 1.807) is 31.2 Å². The highest BCUT2D eigenvalue weighted by Crippen LogP contribution is 2.21. The largest absolute Gasteiger partial charge is 0.456 e. The van der Waals surface area contributed by atoms with E-state index in [4.69, 9.17) is 4.42 Å². The first-order valence-electron chi connectivity index (χ1n) is 8.44. The Labute approximate surface area is 147 Å². The van der Waals surface area contributed by atoms with Crippen molar-refractivity contribution < 1.29 is 17.6 Å². The number of anilines is 1. The topological polar surface area (TPSA) is 88.4 Å². The van der Waals surface area contributed by atoms with Crippen LogP contribution in [0, 0.1) is 6.92 Å². The number of sulfonamides is 1. The Morgan fingerprint density at radius 2 is 1.72 bits per heavy atom. The molecule has 134 valence electrons. The molecule has 1 aliphatic carbocycles. The molecule has 2 N–H and O–H groups in total. The number of nitrogens with one attached hydrogen (secondary N) is 2. The lowest BCUT2D eigenvalue weighted by Gasteiger charge is -2.22. The molecule has 25 heavy (non-hydrogen) atoms. The van der Waals surface area contributed by atoms with Crippen molar-refractivity contribution in [1.29, 1.82) is 0 Å². The molecule has 6 nitrogen and oxygen atoms in total. The lowest BCUT2D eigenvalue weighted by Crippen LogP contribution is -2.36. The van der Waals surface area contributed by atoms with E-state index in [2.05, 4.69) is 10.0 Å². The third-order valence-electron chi connectivity index (χ3n) is 4.31. The van der Waals surface area contributed by atoms with Gasteiger partial charge in [-0.1, -0.05) is 19.3 Å². The van der Waals surface area contributed by atoms with Gasteiger partial charge in [0.15, 0.2) is 5.76 Å². The van der Waals surface area contributed by atoms with Gasteiger partial charge in [-0.3, -0.25) is 4.79 Å². The molecule has 2 aromatic rings. The van der Waals surface area contributed by atoms with Gasteiger partial charge in [-0.25, -0.2) is 13.1 Å². The summed E-state index contributed by atoms with van der Waals surface area (Å²) in [4.78, 5) is 12.2. The Hall–Kier alpha value is -2.12. The van der Waals surface area contributed by atoms with E-state index in [-0.39, 0.29) is 22.6 Å². The second-order valence-corrected chi connectivity index (χ2v) is 8.06. The van der Waals surface area contributed by atoms with E-state index in [0.717, 1.165) is 25.7 Å². The molecule has 0 radical (unpaired) electrons. The maximum absolute atomic E-state index is 12.4. The Bertz CT molecular complexity index is 834. The molecule has 1 aromatic carbocycles. The predicted octanol–water partition coefficient (Wildman–Crippen LogP) is 3.45. The molecule has 3 rings (SSSR count). The first-order valence-corrected chi connectivity index (χ1v) is 9.92. The maximum atomic E-state index is 12.4. The minimum atomic E-state index is -3.54. The zero-order valence-electron chi connectivity index (χ0n) is 14.1. The summed E-state index contributed by atoms with van der Waals surface area (Å²) in [6, 6.07) is 9.45. The quantitative estimate of drug-likeness (QED) is 0.853. The van der Waals surface area contributed by atoms with E-state index in [0.29, 0.717) is 11.4 Å². The molecule has 0 atom stereocenters. The highest BCUT2D eigenvalue weighted by Gasteiger charge is 2.21. The summed E-state index contributed by atoms with van der Waals surface area (Å²) in [5.41, 5.74) is 0.510. The van der Waals surface area contributed by atoms with E-state index >= 15 is 0 Å². The molecule has 1 saturated carbocycles. The van der Waals surface area contributed by atoms with Crippen LogP contribution in [0.25, 0.3) is 0 Å². The molecule has 1 heterocycles. The van der Waals surface area contributed by atoms with Crippen LogP contribution in [0.4, 0.5) is 5.69 Å². The van der Waals surface area contributed by atoms with E-state index in [9.17, 15) is 13.2 Å². The van der Waals surface area contributed by atoms with E-state index in [1.807, 2.05) is 0 Å². The van der Waals surface area contributed by atoms with Crippen LogP contribution in [0.15, 0.2) is 45.7 Å². The monoisotopic (exact) mass is 362 g/mol.